The number of aryl methyl sites for hydroxylation is 2. The molecule has 0 bridgehead atoms. The number of phenolic OH excluding ortho intramolecular Hbond substituents is 1. The van der Waals surface area contributed by atoms with E-state index in [0.717, 1.165) is 16.7 Å². The molecular formula is C21H17NO6. The van der Waals surface area contributed by atoms with E-state index in [2.05, 4.69) is 0 Å². The van der Waals surface area contributed by atoms with Gasteiger partial charge in [-0.1, -0.05) is 6.08 Å². The zero-order valence-electron chi connectivity index (χ0n) is 15.2. The van der Waals surface area contributed by atoms with Crippen LogP contribution in [0.3, 0.4) is 0 Å². The van der Waals surface area contributed by atoms with Crippen molar-refractivity contribution >= 4 is 23.8 Å². The first-order chi connectivity index (χ1) is 13.3. The minimum atomic E-state index is -0.704. The second kappa shape index (κ2) is 7.79. The molecule has 0 aliphatic heterocycles. The lowest BCUT2D eigenvalue weighted by Crippen LogP contribution is -2.07. The highest BCUT2D eigenvalue weighted by molar-refractivity contribution is 5.88. The Morgan fingerprint density at radius 1 is 1.07 bits per heavy atom. The van der Waals surface area contributed by atoms with Crippen LogP contribution in [0.15, 0.2) is 52.9 Å². The number of benzene rings is 2. The molecule has 7 nitrogen and oxygen atoms in total. The molecule has 0 saturated heterocycles. The first kappa shape index (κ1) is 18.9. The molecule has 1 heterocycles. The maximum atomic E-state index is 12.1. The predicted octanol–water partition coefficient (Wildman–Crippen LogP) is 4.90. The molecule has 142 valence electrons. The number of carbonyl (C=O) groups is 1. The number of nitro benzene ring substituents is 1. The Balaban J connectivity index is 1.69. The lowest BCUT2D eigenvalue weighted by Gasteiger charge is -2.04. The highest BCUT2D eigenvalue weighted by Crippen LogP contribution is 2.24. The number of hydrogen-bond donors (Lipinski definition) is 1. The van der Waals surface area contributed by atoms with E-state index in [9.17, 15) is 20.0 Å². The summed E-state index contributed by atoms with van der Waals surface area (Å²) in [5, 5.41) is 20.5. The van der Waals surface area contributed by atoms with Crippen LogP contribution in [-0.2, 0) is 0 Å². The molecule has 1 N–H and O–H groups in total. The fraction of sp³-hybridized carbons (Fsp3) is 0.0952. The van der Waals surface area contributed by atoms with Gasteiger partial charge in [0.05, 0.1) is 4.92 Å². The van der Waals surface area contributed by atoms with Crippen LogP contribution in [0.5, 0.6) is 11.5 Å². The Hall–Kier alpha value is -3.87. The van der Waals surface area contributed by atoms with E-state index in [1.54, 1.807) is 12.1 Å². The number of aromatic hydroxyl groups is 1. The molecule has 0 fully saturated rings. The summed E-state index contributed by atoms with van der Waals surface area (Å²) < 4.78 is 10.6. The van der Waals surface area contributed by atoms with Gasteiger partial charge in [-0.2, -0.15) is 0 Å². The zero-order valence-corrected chi connectivity index (χ0v) is 15.2. The van der Waals surface area contributed by atoms with E-state index >= 15 is 0 Å². The summed E-state index contributed by atoms with van der Waals surface area (Å²) >= 11 is 0. The lowest BCUT2D eigenvalue weighted by molar-refractivity contribution is -0.384. The Kier molecular flexibility index (Phi) is 5.26. The fourth-order valence-corrected chi connectivity index (χ4v) is 2.61. The fourth-order valence-electron chi connectivity index (χ4n) is 2.61. The average molecular weight is 379 g/mol. The van der Waals surface area contributed by atoms with E-state index < -0.39 is 10.9 Å². The van der Waals surface area contributed by atoms with Crippen LogP contribution in [-0.4, -0.2) is 16.0 Å². The highest BCUT2D eigenvalue weighted by Gasteiger charge is 2.14. The molecule has 3 aromatic rings. The molecule has 0 spiro atoms. The summed E-state index contributed by atoms with van der Waals surface area (Å²) in [6.45, 7) is 3.64. The maximum absolute atomic E-state index is 12.1. The van der Waals surface area contributed by atoms with E-state index in [0.29, 0.717) is 5.76 Å². The van der Waals surface area contributed by atoms with Crippen molar-refractivity contribution in [2.45, 2.75) is 13.8 Å². The first-order valence-corrected chi connectivity index (χ1v) is 8.38. The second-order valence-corrected chi connectivity index (χ2v) is 6.18. The summed E-state index contributed by atoms with van der Waals surface area (Å²) in [6, 6.07) is 12.0. The number of rotatable bonds is 5. The van der Waals surface area contributed by atoms with Crippen molar-refractivity contribution in [3.8, 4) is 11.5 Å². The number of ether oxygens (including phenoxy) is 1. The van der Waals surface area contributed by atoms with E-state index in [1.807, 2.05) is 32.1 Å². The lowest BCUT2D eigenvalue weighted by atomic mass is 10.1. The molecule has 0 aliphatic carbocycles. The van der Waals surface area contributed by atoms with Gasteiger partial charge in [0.15, 0.2) is 0 Å². The Labute approximate surface area is 160 Å². The molecule has 0 aliphatic rings. The summed E-state index contributed by atoms with van der Waals surface area (Å²) in [4.78, 5) is 22.3. The van der Waals surface area contributed by atoms with Crippen LogP contribution in [0.25, 0.3) is 12.2 Å². The van der Waals surface area contributed by atoms with E-state index in [4.69, 9.17) is 9.15 Å². The number of phenols is 1. The SMILES string of the molecule is Cc1cc(/C=C/c2ccc(C(=O)Oc3ccc([N+](=O)[O-])cc3)o2)cc(C)c1O. The molecule has 0 saturated carbocycles. The average Bonchev–Trinajstić information content (AvgIpc) is 3.14. The summed E-state index contributed by atoms with van der Waals surface area (Å²) in [5.41, 5.74) is 2.34. The Bertz CT molecular complexity index is 1040. The Morgan fingerprint density at radius 2 is 1.71 bits per heavy atom. The van der Waals surface area contributed by atoms with Gasteiger partial charge in [0.1, 0.15) is 17.3 Å². The van der Waals surface area contributed by atoms with Crippen LogP contribution in [0.1, 0.15) is 33.0 Å². The third-order valence-electron chi connectivity index (χ3n) is 4.04. The number of nitro groups is 1. The number of furan rings is 1. The maximum Gasteiger partial charge on any atom is 0.379 e. The number of non-ortho nitro benzene ring substituents is 1. The summed E-state index contributed by atoms with van der Waals surface area (Å²) in [6.07, 6.45) is 3.51. The van der Waals surface area contributed by atoms with Crippen molar-refractivity contribution in [1.29, 1.82) is 0 Å². The van der Waals surface area contributed by atoms with Crippen molar-refractivity contribution in [1.82, 2.24) is 0 Å². The van der Waals surface area contributed by atoms with Crippen LogP contribution in [0, 0.1) is 24.0 Å². The smallest absolute Gasteiger partial charge is 0.379 e. The van der Waals surface area contributed by atoms with Crippen molar-refractivity contribution in [3.05, 3.63) is 86.9 Å². The second-order valence-electron chi connectivity index (χ2n) is 6.18. The van der Waals surface area contributed by atoms with Gasteiger partial charge < -0.3 is 14.3 Å². The zero-order chi connectivity index (χ0) is 20.3. The van der Waals surface area contributed by atoms with Crippen LogP contribution in [0.4, 0.5) is 5.69 Å². The van der Waals surface area contributed by atoms with Crippen molar-refractivity contribution in [3.63, 3.8) is 0 Å². The summed E-state index contributed by atoms with van der Waals surface area (Å²) in [5.74, 6) is 0.213. The number of esters is 1. The van der Waals surface area contributed by atoms with Crippen molar-refractivity contribution < 1.29 is 24.0 Å². The topological polar surface area (TPSA) is 103 Å². The number of carbonyl (C=O) groups excluding carboxylic acids is 1. The van der Waals surface area contributed by atoms with Gasteiger partial charge in [-0.25, -0.2) is 4.79 Å². The molecule has 28 heavy (non-hydrogen) atoms. The molecule has 2 aromatic carbocycles. The molecule has 0 amide bonds. The number of nitrogens with zero attached hydrogens (tertiary/aromatic N) is 1. The highest BCUT2D eigenvalue weighted by atomic mass is 16.6. The van der Waals surface area contributed by atoms with Crippen LogP contribution < -0.4 is 4.74 Å². The molecule has 1 aromatic heterocycles. The predicted molar refractivity (Wildman–Crippen MR) is 103 cm³/mol. The minimum Gasteiger partial charge on any atom is -0.507 e. The van der Waals surface area contributed by atoms with E-state index in [-0.39, 0.29) is 22.9 Å². The van der Waals surface area contributed by atoms with E-state index in [1.165, 1.54) is 30.3 Å². The van der Waals surface area contributed by atoms with Gasteiger partial charge in [0.25, 0.3) is 5.69 Å². The third kappa shape index (κ3) is 4.27. The van der Waals surface area contributed by atoms with Crippen molar-refractivity contribution in [2.24, 2.45) is 0 Å². The monoisotopic (exact) mass is 379 g/mol. The van der Waals surface area contributed by atoms with Gasteiger partial charge in [-0.05, 0) is 73.0 Å². The van der Waals surface area contributed by atoms with Crippen molar-refractivity contribution in [2.75, 3.05) is 0 Å². The largest absolute Gasteiger partial charge is 0.507 e. The minimum absolute atomic E-state index is 0.0103. The molecule has 0 unspecified atom stereocenters. The molecule has 0 radical (unpaired) electrons. The number of hydrogen-bond acceptors (Lipinski definition) is 6. The van der Waals surface area contributed by atoms with Gasteiger partial charge in [-0.3, -0.25) is 10.1 Å². The van der Waals surface area contributed by atoms with Gasteiger partial charge in [-0.15, -0.1) is 0 Å². The Morgan fingerprint density at radius 3 is 2.32 bits per heavy atom. The van der Waals surface area contributed by atoms with Crippen LogP contribution in [0.2, 0.25) is 0 Å². The van der Waals surface area contributed by atoms with Gasteiger partial charge >= 0.3 is 5.97 Å². The van der Waals surface area contributed by atoms with Gasteiger partial charge in [0.2, 0.25) is 5.76 Å². The van der Waals surface area contributed by atoms with Gasteiger partial charge in [0, 0.05) is 12.1 Å². The van der Waals surface area contributed by atoms with Crippen LogP contribution >= 0.6 is 0 Å². The molecule has 7 heteroatoms. The quantitative estimate of drug-likeness (QED) is 0.293. The standard InChI is InChI=1S/C21H17NO6/c1-13-11-15(12-14(2)20(13)23)3-6-17-9-10-19(27-17)21(24)28-18-7-4-16(5-8-18)22(25)26/h3-12,23H,1-2H3/b6-3+. The molecule has 3 rings (SSSR count). The third-order valence-corrected chi connectivity index (χ3v) is 4.04. The normalized spacial score (nSPS) is 10.9. The summed E-state index contributed by atoms with van der Waals surface area (Å²) in [7, 11) is 0. The molecule has 0 atom stereocenters. The first-order valence-electron chi connectivity index (χ1n) is 8.38. The molecular weight excluding hydrogens is 362 g/mol.